The van der Waals surface area contributed by atoms with Crippen LogP contribution in [0.15, 0.2) is 36.4 Å². The van der Waals surface area contributed by atoms with Gasteiger partial charge in [0.05, 0.1) is 0 Å². The lowest BCUT2D eigenvalue weighted by Crippen LogP contribution is -2.35. The molecular weight excluding hydrogens is 376 g/mol. The third kappa shape index (κ3) is 5.51. The van der Waals surface area contributed by atoms with Gasteiger partial charge in [0.15, 0.2) is 0 Å². The molecule has 4 nitrogen and oxygen atoms in total. The molecule has 1 aromatic heterocycles. The van der Waals surface area contributed by atoms with Crippen molar-refractivity contribution in [3.63, 3.8) is 0 Å². The van der Waals surface area contributed by atoms with Crippen molar-refractivity contribution in [2.24, 2.45) is 5.92 Å². The predicted molar refractivity (Wildman–Crippen MR) is 107 cm³/mol. The first-order chi connectivity index (χ1) is 12.1. The standard InChI is InChI=1S/C20H27BrN4/c1-16-14-20(23-17(2)22-16)24-11-8-18(9-12-24)10-13-25(21)15-19-6-4-3-5-7-19/h3-7,14,18H,8-13,15H2,1-2H3. The zero-order chi connectivity index (χ0) is 17.6. The first kappa shape index (κ1) is 18.3. The van der Waals surface area contributed by atoms with Gasteiger partial charge in [0, 0.05) is 54.1 Å². The van der Waals surface area contributed by atoms with Crippen LogP contribution in [0, 0.1) is 19.8 Å². The second kappa shape index (κ2) is 8.77. The van der Waals surface area contributed by atoms with E-state index in [1.54, 1.807) is 0 Å². The molecule has 134 valence electrons. The Morgan fingerprint density at radius 1 is 1.12 bits per heavy atom. The van der Waals surface area contributed by atoms with Crippen molar-refractivity contribution in [3.05, 3.63) is 53.5 Å². The molecule has 0 bridgehead atoms. The lowest BCUT2D eigenvalue weighted by atomic mass is 9.93. The largest absolute Gasteiger partial charge is 0.356 e. The molecule has 5 heteroatoms. The SMILES string of the molecule is Cc1cc(N2CCC(CCN(Br)Cc3ccccc3)CC2)nc(C)n1. The first-order valence-corrected chi connectivity index (χ1v) is 9.83. The average molecular weight is 403 g/mol. The molecule has 2 heterocycles. The molecule has 0 unspecified atom stereocenters. The molecule has 1 fully saturated rings. The fourth-order valence-corrected chi connectivity index (χ4v) is 3.99. The van der Waals surface area contributed by atoms with Gasteiger partial charge in [-0.1, -0.05) is 30.3 Å². The molecule has 1 saturated heterocycles. The van der Waals surface area contributed by atoms with Crippen LogP contribution < -0.4 is 4.90 Å². The molecule has 1 aliphatic heterocycles. The molecule has 0 radical (unpaired) electrons. The van der Waals surface area contributed by atoms with E-state index >= 15 is 0 Å². The van der Waals surface area contributed by atoms with E-state index < -0.39 is 0 Å². The molecule has 2 aromatic rings. The van der Waals surface area contributed by atoms with Crippen LogP contribution in [0.5, 0.6) is 0 Å². The monoisotopic (exact) mass is 402 g/mol. The van der Waals surface area contributed by atoms with Crippen molar-refractivity contribution in [3.8, 4) is 0 Å². The summed E-state index contributed by atoms with van der Waals surface area (Å²) in [7, 11) is 0. The van der Waals surface area contributed by atoms with E-state index in [-0.39, 0.29) is 0 Å². The van der Waals surface area contributed by atoms with Crippen LogP contribution in [-0.4, -0.2) is 33.5 Å². The van der Waals surface area contributed by atoms with Gasteiger partial charge in [-0.25, -0.2) is 13.9 Å². The van der Waals surface area contributed by atoms with Gasteiger partial charge in [0.25, 0.3) is 0 Å². The first-order valence-electron chi connectivity index (χ1n) is 9.12. The van der Waals surface area contributed by atoms with E-state index in [9.17, 15) is 0 Å². The van der Waals surface area contributed by atoms with E-state index in [0.717, 1.165) is 49.4 Å². The molecule has 0 amide bonds. The van der Waals surface area contributed by atoms with Crippen LogP contribution in [0.1, 0.15) is 36.3 Å². The molecule has 0 N–H and O–H groups in total. The predicted octanol–water partition coefficient (Wildman–Crippen LogP) is 4.51. The number of hydrogen-bond acceptors (Lipinski definition) is 4. The van der Waals surface area contributed by atoms with Gasteiger partial charge in [-0.3, -0.25) is 0 Å². The van der Waals surface area contributed by atoms with Gasteiger partial charge in [0.1, 0.15) is 11.6 Å². The summed E-state index contributed by atoms with van der Waals surface area (Å²) in [6.45, 7) is 8.26. The Hall–Kier alpha value is -1.46. The van der Waals surface area contributed by atoms with E-state index in [1.165, 1.54) is 24.8 Å². The Morgan fingerprint density at radius 2 is 1.84 bits per heavy atom. The normalized spacial score (nSPS) is 15.8. The lowest BCUT2D eigenvalue weighted by Gasteiger charge is -2.33. The van der Waals surface area contributed by atoms with E-state index in [0.29, 0.717) is 0 Å². The van der Waals surface area contributed by atoms with Crippen molar-refractivity contribution in [2.45, 2.75) is 39.7 Å². The number of halogens is 1. The van der Waals surface area contributed by atoms with E-state index in [4.69, 9.17) is 0 Å². The maximum absolute atomic E-state index is 4.60. The summed E-state index contributed by atoms with van der Waals surface area (Å²) in [6, 6.07) is 12.7. The minimum atomic E-state index is 0.802. The van der Waals surface area contributed by atoms with Crippen molar-refractivity contribution in [2.75, 3.05) is 24.5 Å². The number of benzene rings is 1. The maximum atomic E-state index is 4.60. The average Bonchev–Trinajstić information content (AvgIpc) is 2.60. The van der Waals surface area contributed by atoms with E-state index in [2.05, 4.69) is 71.3 Å². The summed E-state index contributed by atoms with van der Waals surface area (Å²) in [4.78, 5) is 11.4. The molecule has 0 aliphatic carbocycles. The molecule has 3 rings (SSSR count). The van der Waals surface area contributed by atoms with Gasteiger partial charge in [0.2, 0.25) is 0 Å². The maximum Gasteiger partial charge on any atom is 0.132 e. The molecule has 0 atom stereocenters. The highest BCUT2D eigenvalue weighted by Gasteiger charge is 2.21. The Kier molecular flexibility index (Phi) is 6.43. The van der Waals surface area contributed by atoms with Crippen LogP contribution in [-0.2, 0) is 6.54 Å². The molecule has 1 aliphatic rings. The Labute approximate surface area is 159 Å². The highest BCUT2D eigenvalue weighted by molar-refractivity contribution is 9.07. The minimum Gasteiger partial charge on any atom is -0.356 e. The smallest absolute Gasteiger partial charge is 0.132 e. The van der Waals surface area contributed by atoms with Gasteiger partial charge in [-0.2, -0.15) is 0 Å². The van der Waals surface area contributed by atoms with Crippen molar-refractivity contribution in [1.29, 1.82) is 0 Å². The third-order valence-corrected chi connectivity index (χ3v) is 5.47. The summed E-state index contributed by atoms with van der Waals surface area (Å²) in [5, 5.41) is 0. The number of rotatable bonds is 6. The summed E-state index contributed by atoms with van der Waals surface area (Å²) in [5.74, 6) is 2.76. The van der Waals surface area contributed by atoms with E-state index in [1.807, 2.05) is 13.8 Å². The Balaban J connectivity index is 1.43. The number of hydrogen-bond donors (Lipinski definition) is 0. The number of nitrogens with zero attached hydrogens (tertiary/aromatic N) is 4. The van der Waals surface area contributed by atoms with Crippen molar-refractivity contribution >= 4 is 22.0 Å². The zero-order valence-corrected chi connectivity index (χ0v) is 16.7. The van der Waals surface area contributed by atoms with Crippen LogP contribution in [0.4, 0.5) is 5.82 Å². The molecule has 25 heavy (non-hydrogen) atoms. The van der Waals surface area contributed by atoms with Crippen LogP contribution >= 0.6 is 16.1 Å². The highest BCUT2D eigenvalue weighted by atomic mass is 79.9. The Morgan fingerprint density at radius 3 is 2.52 bits per heavy atom. The highest BCUT2D eigenvalue weighted by Crippen LogP contribution is 2.25. The number of piperidine rings is 1. The molecule has 1 aromatic carbocycles. The fraction of sp³-hybridized carbons (Fsp3) is 0.500. The van der Waals surface area contributed by atoms with Crippen LogP contribution in [0.25, 0.3) is 0 Å². The summed E-state index contributed by atoms with van der Waals surface area (Å²) in [6.07, 6.45) is 3.73. The third-order valence-electron chi connectivity index (χ3n) is 4.87. The van der Waals surface area contributed by atoms with Gasteiger partial charge in [-0.05, 0) is 44.6 Å². The second-order valence-corrected chi connectivity index (χ2v) is 7.97. The number of anilines is 1. The van der Waals surface area contributed by atoms with Crippen molar-refractivity contribution in [1.82, 2.24) is 13.9 Å². The summed E-state index contributed by atoms with van der Waals surface area (Å²) < 4.78 is 2.26. The number of aromatic nitrogens is 2. The molecular formula is C20H27BrN4. The second-order valence-electron chi connectivity index (χ2n) is 6.96. The molecule has 0 spiro atoms. The summed E-state index contributed by atoms with van der Waals surface area (Å²) >= 11 is 3.71. The summed E-state index contributed by atoms with van der Waals surface area (Å²) in [5.41, 5.74) is 2.41. The molecule has 0 saturated carbocycles. The van der Waals surface area contributed by atoms with Crippen LogP contribution in [0.3, 0.4) is 0 Å². The van der Waals surface area contributed by atoms with Gasteiger partial charge < -0.3 is 4.90 Å². The van der Waals surface area contributed by atoms with Crippen molar-refractivity contribution < 1.29 is 0 Å². The van der Waals surface area contributed by atoms with Gasteiger partial charge in [-0.15, -0.1) is 0 Å². The number of aryl methyl sites for hydroxylation is 2. The minimum absolute atomic E-state index is 0.802. The fourth-order valence-electron chi connectivity index (χ4n) is 3.49. The van der Waals surface area contributed by atoms with Crippen LogP contribution in [0.2, 0.25) is 0 Å². The quantitative estimate of drug-likeness (QED) is 0.665. The van der Waals surface area contributed by atoms with Gasteiger partial charge >= 0.3 is 0 Å². The lowest BCUT2D eigenvalue weighted by molar-refractivity contribution is 0.340. The topological polar surface area (TPSA) is 32.3 Å². The Bertz CT molecular complexity index is 648. The zero-order valence-electron chi connectivity index (χ0n) is 15.2.